The molecular formula is C12H24N2O2S. The van der Waals surface area contributed by atoms with Crippen molar-refractivity contribution in [2.45, 2.75) is 44.7 Å². The maximum atomic E-state index is 11.7. The topological polar surface area (TPSA) is 49.4 Å². The number of nitrogens with one attached hydrogen (secondary N) is 1. The van der Waals surface area contributed by atoms with Gasteiger partial charge >= 0.3 is 0 Å². The van der Waals surface area contributed by atoms with E-state index in [1.807, 2.05) is 0 Å². The van der Waals surface area contributed by atoms with Crippen molar-refractivity contribution in [3.05, 3.63) is 0 Å². The molecule has 0 aliphatic carbocycles. The number of nitrogens with zero attached hydrogens (tertiary/aromatic N) is 1. The van der Waals surface area contributed by atoms with Gasteiger partial charge in [-0.15, -0.1) is 0 Å². The maximum absolute atomic E-state index is 11.7. The number of piperidine rings is 1. The van der Waals surface area contributed by atoms with Gasteiger partial charge in [0.15, 0.2) is 9.84 Å². The van der Waals surface area contributed by atoms with E-state index in [-0.39, 0.29) is 6.04 Å². The zero-order valence-corrected chi connectivity index (χ0v) is 11.5. The number of hydrogen-bond donors (Lipinski definition) is 1. The molecule has 0 aromatic carbocycles. The average Bonchev–Trinajstić information content (AvgIpc) is 2.30. The van der Waals surface area contributed by atoms with E-state index in [1.165, 1.54) is 12.8 Å². The fraction of sp³-hybridized carbons (Fsp3) is 1.00. The van der Waals surface area contributed by atoms with Crippen LogP contribution in [-0.4, -0.2) is 56.5 Å². The van der Waals surface area contributed by atoms with Gasteiger partial charge in [0.1, 0.15) is 0 Å². The third-order valence-electron chi connectivity index (χ3n) is 4.01. The predicted octanol–water partition coefficient (Wildman–Crippen LogP) is 0.638. The molecule has 4 nitrogen and oxygen atoms in total. The summed E-state index contributed by atoms with van der Waals surface area (Å²) in [6.07, 6.45) is 4.30. The van der Waals surface area contributed by atoms with Gasteiger partial charge in [-0.2, -0.15) is 0 Å². The molecule has 2 heterocycles. The summed E-state index contributed by atoms with van der Waals surface area (Å²) in [6.45, 7) is 5.24. The number of sulfone groups is 1. The molecule has 2 aliphatic rings. The fourth-order valence-corrected chi connectivity index (χ4v) is 4.91. The van der Waals surface area contributed by atoms with Gasteiger partial charge in [0, 0.05) is 18.6 Å². The van der Waals surface area contributed by atoms with Crippen LogP contribution in [0.4, 0.5) is 0 Å². The quantitative estimate of drug-likeness (QED) is 0.809. The normalized spacial score (nSPS) is 33.8. The second-order valence-corrected chi connectivity index (χ2v) is 7.47. The second-order valence-electron chi connectivity index (χ2n) is 5.24. The summed E-state index contributed by atoms with van der Waals surface area (Å²) in [4.78, 5) is 2.42. The van der Waals surface area contributed by atoms with Gasteiger partial charge in [-0.1, -0.05) is 6.92 Å². The van der Waals surface area contributed by atoms with E-state index >= 15 is 0 Å². The van der Waals surface area contributed by atoms with Crippen LogP contribution in [0.5, 0.6) is 0 Å². The summed E-state index contributed by atoms with van der Waals surface area (Å²) >= 11 is 0. The summed E-state index contributed by atoms with van der Waals surface area (Å²) < 4.78 is 23.4. The van der Waals surface area contributed by atoms with Gasteiger partial charge in [-0.05, 0) is 38.8 Å². The molecule has 2 atom stereocenters. The minimum absolute atomic E-state index is 0.253. The summed E-state index contributed by atoms with van der Waals surface area (Å²) in [5.74, 6) is 0.765. The van der Waals surface area contributed by atoms with Gasteiger partial charge in [0.05, 0.1) is 11.5 Å². The van der Waals surface area contributed by atoms with Crippen LogP contribution in [0, 0.1) is 0 Å². The molecular weight excluding hydrogens is 236 g/mol. The standard InChI is InChI=1S/C12H24N2O2S/c1-2-14(11-5-3-7-13-9-11)12-6-4-8-17(15,16)10-12/h11-13H,2-10H2,1H3. The summed E-state index contributed by atoms with van der Waals surface area (Å²) in [5.41, 5.74) is 0. The first-order chi connectivity index (χ1) is 8.12. The van der Waals surface area contributed by atoms with Crippen LogP contribution in [0.1, 0.15) is 32.6 Å². The Morgan fingerprint density at radius 2 is 2.00 bits per heavy atom. The average molecular weight is 260 g/mol. The Kier molecular flexibility index (Phi) is 4.44. The third-order valence-corrected chi connectivity index (χ3v) is 5.82. The zero-order chi connectivity index (χ0) is 12.3. The van der Waals surface area contributed by atoms with Crippen LogP contribution in [0.3, 0.4) is 0 Å². The highest BCUT2D eigenvalue weighted by Crippen LogP contribution is 2.22. The number of likely N-dealkylation sites (N-methyl/N-ethyl adjacent to an activating group) is 1. The van der Waals surface area contributed by atoms with Crippen molar-refractivity contribution in [3.63, 3.8) is 0 Å². The first kappa shape index (κ1) is 13.3. The Morgan fingerprint density at radius 3 is 2.59 bits per heavy atom. The second kappa shape index (κ2) is 5.67. The van der Waals surface area contributed by atoms with Gasteiger partial charge in [0.25, 0.3) is 0 Å². The van der Waals surface area contributed by atoms with E-state index in [1.54, 1.807) is 0 Å². The molecule has 0 saturated carbocycles. The van der Waals surface area contributed by atoms with E-state index in [9.17, 15) is 8.42 Å². The van der Waals surface area contributed by atoms with Crippen LogP contribution in [-0.2, 0) is 9.84 Å². The van der Waals surface area contributed by atoms with Crippen LogP contribution < -0.4 is 5.32 Å². The summed E-state index contributed by atoms with van der Waals surface area (Å²) in [6, 6.07) is 0.788. The maximum Gasteiger partial charge on any atom is 0.151 e. The minimum Gasteiger partial charge on any atom is -0.315 e. The van der Waals surface area contributed by atoms with Crippen molar-refractivity contribution in [1.82, 2.24) is 10.2 Å². The lowest BCUT2D eigenvalue weighted by Gasteiger charge is -2.40. The third kappa shape index (κ3) is 3.42. The van der Waals surface area contributed by atoms with E-state index in [2.05, 4.69) is 17.1 Å². The van der Waals surface area contributed by atoms with Gasteiger partial charge in [-0.25, -0.2) is 8.42 Å². The first-order valence-corrected chi connectivity index (χ1v) is 8.61. The minimum atomic E-state index is -2.79. The fourth-order valence-electron chi connectivity index (χ4n) is 3.19. The number of rotatable bonds is 3. The molecule has 0 bridgehead atoms. The highest BCUT2D eigenvalue weighted by atomic mass is 32.2. The lowest BCUT2D eigenvalue weighted by molar-refractivity contribution is 0.121. The van der Waals surface area contributed by atoms with Crippen LogP contribution >= 0.6 is 0 Å². The molecule has 0 amide bonds. The predicted molar refractivity (Wildman–Crippen MR) is 69.9 cm³/mol. The van der Waals surface area contributed by atoms with Crippen molar-refractivity contribution < 1.29 is 8.42 Å². The molecule has 0 aromatic rings. The van der Waals surface area contributed by atoms with Gasteiger partial charge in [-0.3, -0.25) is 4.90 Å². The summed E-state index contributed by atoms with van der Waals surface area (Å²) in [5, 5.41) is 3.42. The van der Waals surface area contributed by atoms with Gasteiger partial charge in [0.2, 0.25) is 0 Å². The molecule has 5 heteroatoms. The van der Waals surface area contributed by atoms with E-state index < -0.39 is 9.84 Å². The Bertz CT molecular complexity index is 336. The molecule has 0 radical (unpaired) electrons. The van der Waals surface area contributed by atoms with Crippen LogP contribution in [0.15, 0.2) is 0 Å². The van der Waals surface area contributed by atoms with Crippen molar-refractivity contribution >= 4 is 9.84 Å². The molecule has 0 spiro atoms. The van der Waals surface area contributed by atoms with Crippen molar-refractivity contribution in [3.8, 4) is 0 Å². The van der Waals surface area contributed by atoms with E-state index in [4.69, 9.17) is 0 Å². The number of hydrogen-bond acceptors (Lipinski definition) is 4. The Balaban J connectivity index is 2.01. The van der Waals surface area contributed by atoms with Crippen molar-refractivity contribution in [2.75, 3.05) is 31.1 Å². The highest BCUT2D eigenvalue weighted by Gasteiger charge is 2.32. The zero-order valence-electron chi connectivity index (χ0n) is 10.7. The molecule has 100 valence electrons. The molecule has 2 aliphatic heterocycles. The van der Waals surface area contributed by atoms with Gasteiger partial charge < -0.3 is 5.32 Å². The largest absolute Gasteiger partial charge is 0.315 e. The Hall–Kier alpha value is -0.130. The molecule has 2 unspecified atom stereocenters. The monoisotopic (exact) mass is 260 g/mol. The van der Waals surface area contributed by atoms with Crippen LogP contribution in [0.25, 0.3) is 0 Å². The molecule has 2 saturated heterocycles. The highest BCUT2D eigenvalue weighted by molar-refractivity contribution is 7.91. The molecule has 1 N–H and O–H groups in total. The summed E-state index contributed by atoms with van der Waals surface area (Å²) in [7, 11) is -2.79. The molecule has 0 aromatic heterocycles. The van der Waals surface area contributed by atoms with Crippen molar-refractivity contribution in [2.24, 2.45) is 0 Å². The molecule has 2 fully saturated rings. The lowest BCUT2D eigenvalue weighted by atomic mass is 10.0. The Morgan fingerprint density at radius 1 is 1.24 bits per heavy atom. The SMILES string of the molecule is CCN(C1CCCNC1)C1CCCS(=O)(=O)C1. The first-order valence-electron chi connectivity index (χ1n) is 6.79. The lowest BCUT2D eigenvalue weighted by Crippen LogP contribution is -2.53. The van der Waals surface area contributed by atoms with E-state index in [0.29, 0.717) is 17.5 Å². The molecule has 2 rings (SSSR count). The smallest absolute Gasteiger partial charge is 0.151 e. The van der Waals surface area contributed by atoms with Crippen LogP contribution in [0.2, 0.25) is 0 Å². The van der Waals surface area contributed by atoms with E-state index in [0.717, 1.165) is 32.5 Å². The van der Waals surface area contributed by atoms with Crippen molar-refractivity contribution in [1.29, 1.82) is 0 Å². The Labute approximate surface area is 105 Å². The molecule has 17 heavy (non-hydrogen) atoms.